The average Bonchev–Trinajstić information content (AvgIpc) is 2.15. The smallest absolute Gasteiger partial charge is 0.240 e. The molecule has 2 atom stereocenters. The molecule has 1 aliphatic heterocycles. The summed E-state index contributed by atoms with van der Waals surface area (Å²) in [7, 11) is 1.86. The number of nitrogens with zero attached hydrogens (tertiary/aromatic N) is 1. The molecule has 0 aromatic rings. The molecule has 12 heavy (non-hydrogen) atoms. The molecule has 70 valence electrons. The fourth-order valence-corrected chi connectivity index (χ4v) is 1.68. The van der Waals surface area contributed by atoms with Crippen molar-refractivity contribution in [1.29, 1.82) is 0 Å². The molecule has 0 bridgehead atoms. The van der Waals surface area contributed by atoms with Crippen molar-refractivity contribution in [2.24, 2.45) is 5.41 Å². The van der Waals surface area contributed by atoms with Crippen LogP contribution in [0.1, 0.15) is 27.7 Å². The fourth-order valence-electron chi connectivity index (χ4n) is 1.68. The Balaban J connectivity index is 2.78. The second-order valence-electron chi connectivity index (χ2n) is 4.61. The van der Waals surface area contributed by atoms with Gasteiger partial charge in [-0.3, -0.25) is 10.1 Å². The summed E-state index contributed by atoms with van der Waals surface area (Å²) >= 11 is 0. The topological polar surface area (TPSA) is 32.3 Å². The number of amides is 1. The molecular formula is C9H18N2O. The molecule has 0 spiro atoms. The molecule has 0 saturated carbocycles. The first-order valence-corrected chi connectivity index (χ1v) is 4.37. The quantitative estimate of drug-likeness (QED) is 0.583. The minimum absolute atomic E-state index is 0.0285. The number of rotatable bonds is 0. The van der Waals surface area contributed by atoms with Gasteiger partial charge in [0.15, 0.2) is 0 Å². The Labute approximate surface area is 74.1 Å². The van der Waals surface area contributed by atoms with Gasteiger partial charge >= 0.3 is 0 Å². The summed E-state index contributed by atoms with van der Waals surface area (Å²) in [6, 6.07) is -0.0285. The SMILES string of the molecule is CC1NC(C(C)(C)C)N(C)C1=O. The maximum Gasteiger partial charge on any atom is 0.240 e. The van der Waals surface area contributed by atoms with Crippen LogP contribution in [0.15, 0.2) is 0 Å². The van der Waals surface area contributed by atoms with E-state index in [-0.39, 0.29) is 23.5 Å². The normalized spacial score (nSPS) is 31.4. The Hall–Kier alpha value is -0.570. The van der Waals surface area contributed by atoms with Gasteiger partial charge in [-0.25, -0.2) is 0 Å². The van der Waals surface area contributed by atoms with Gasteiger partial charge in [0.1, 0.15) is 0 Å². The molecule has 3 nitrogen and oxygen atoms in total. The van der Waals surface area contributed by atoms with E-state index in [9.17, 15) is 4.79 Å². The van der Waals surface area contributed by atoms with Crippen molar-refractivity contribution in [2.45, 2.75) is 39.9 Å². The van der Waals surface area contributed by atoms with E-state index < -0.39 is 0 Å². The van der Waals surface area contributed by atoms with E-state index in [1.165, 1.54) is 0 Å². The molecule has 1 aliphatic rings. The lowest BCUT2D eigenvalue weighted by Crippen LogP contribution is -2.45. The molecule has 0 aliphatic carbocycles. The first-order valence-electron chi connectivity index (χ1n) is 4.37. The Morgan fingerprint density at radius 1 is 1.42 bits per heavy atom. The Morgan fingerprint density at radius 2 is 1.92 bits per heavy atom. The summed E-state index contributed by atoms with van der Waals surface area (Å²) in [6.07, 6.45) is 0.167. The summed E-state index contributed by atoms with van der Waals surface area (Å²) in [6.45, 7) is 8.30. The monoisotopic (exact) mass is 170 g/mol. The molecule has 3 heteroatoms. The summed E-state index contributed by atoms with van der Waals surface area (Å²) in [4.78, 5) is 13.2. The van der Waals surface area contributed by atoms with Gasteiger partial charge in [0.25, 0.3) is 0 Å². The van der Waals surface area contributed by atoms with Crippen LogP contribution in [0, 0.1) is 5.41 Å². The number of hydrogen-bond donors (Lipinski definition) is 1. The van der Waals surface area contributed by atoms with E-state index in [2.05, 4.69) is 26.1 Å². The number of carbonyl (C=O) groups is 1. The van der Waals surface area contributed by atoms with E-state index in [1.54, 1.807) is 4.90 Å². The first-order chi connectivity index (χ1) is 5.34. The number of hydrogen-bond acceptors (Lipinski definition) is 2. The van der Waals surface area contributed by atoms with Gasteiger partial charge in [-0.05, 0) is 12.3 Å². The maximum absolute atomic E-state index is 11.4. The van der Waals surface area contributed by atoms with Crippen molar-refractivity contribution in [2.75, 3.05) is 7.05 Å². The van der Waals surface area contributed by atoms with Crippen LogP contribution in [0.25, 0.3) is 0 Å². The van der Waals surface area contributed by atoms with E-state index in [4.69, 9.17) is 0 Å². The van der Waals surface area contributed by atoms with Crippen LogP contribution in [0.5, 0.6) is 0 Å². The highest BCUT2D eigenvalue weighted by Gasteiger charge is 2.39. The van der Waals surface area contributed by atoms with E-state index >= 15 is 0 Å². The summed E-state index contributed by atoms with van der Waals surface area (Å²) < 4.78 is 0. The van der Waals surface area contributed by atoms with Gasteiger partial charge in [-0.15, -0.1) is 0 Å². The molecule has 1 amide bonds. The predicted octanol–water partition coefficient (Wildman–Crippen LogP) is 0.809. The van der Waals surface area contributed by atoms with Crippen LogP contribution >= 0.6 is 0 Å². The molecule has 1 N–H and O–H groups in total. The van der Waals surface area contributed by atoms with Gasteiger partial charge in [-0.2, -0.15) is 0 Å². The minimum Gasteiger partial charge on any atom is -0.328 e. The lowest BCUT2D eigenvalue weighted by Gasteiger charge is -2.32. The van der Waals surface area contributed by atoms with E-state index in [0.29, 0.717) is 0 Å². The maximum atomic E-state index is 11.4. The lowest BCUT2D eigenvalue weighted by atomic mass is 9.92. The van der Waals surface area contributed by atoms with Crippen molar-refractivity contribution in [1.82, 2.24) is 10.2 Å². The summed E-state index contributed by atoms with van der Waals surface area (Å²) in [5.41, 5.74) is 0.106. The molecule has 0 aromatic heterocycles. The van der Waals surface area contributed by atoms with Crippen LogP contribution in [-0.4, -0.2) is 30.1 Å². The second-order valence-corrected chi connectivity index (χ2v) is 4.61. The Kier molecular flexibility index (Phi) is 2.17. The largest absolute Gasteiger partial charge is 0.328 e. The molecular weight excluding hydrogens is 152 g/mol. The number of nitrogens with one attached hydrogen (secondary N) is 1. The number of likely N-dealkylation sites (N-methyl/N-ethyl adjacent to an activating group) is 1. The van der Waals surface area contributed by atoms with Gasteiger partial charge in [0.05, 0.1) is 12.2 Å². The van der Waals surface area contributed by atoms with Crippen molar-refractivity contribution in [3.8, 4) is 0 Å². The molecule has 0 radical (unpaired) electrons. The fraction of sp³-hybridized carbons (Fsp3) is 0.889. The molecule has 1 rings (SSSR count). The van der Waals surface area contributed by atoms with Crippen LogP contribution < -0.4 is 5.32 Å². The van der Waals surface area contributed by atoms with Crippen molar-refractivity contribution >= 4 is 5.91 Å². The zero-order valence-electron chi connectivity index (χ0n) is 8.51. The zero-order valence-corrected chi connectivity index (χ0v) is 8.51. The van der Waals surface area contributed by atoms with Crippen molar-refractivity contribution in [3.05, 3.63) is 0 Å². The third-order valence-corrected chi connectivity index (χ3v) is 2.33. The predicted molar refractivity (Wildman–Crippen MR) is 48.6 cm³/mol. The number of carbonyl (C=O) groups excluding carboxylic acids is 1. The van der Waals surface area contributed by atoms with Crippen LogP contribution in [0.2, 0.25) is 0 Å². The highest BCUT2D eigenvalue weighted by molar-refractivity contribution is 5.83. The molecule has 0 aromatic carbocycles. The standard InChI is InChI=1S/C9H18N2O/c1-6-7(12)11(5)8(10-6)9(2,3)4/h6,8,10H,1-5H3. The van der Waals surface area contributed by atoms with Crippen LogP contribution in [0.3, 0.4) is 0 Å². The third-order valence-electron chi connectivity index (χ3n) is 2.33. The Morgan fingerprint density at radius 3 is 2.08 bits per heavy atom. The van der Waals surface area contributed by atoms with Crippen LogP contribution in [0.4, 0.5) is 0 Å². The van der Waals surface area contributed by atoms with E-state index in [1.807, 2.05) is 14.0 Å². The molecule has 1 fully saturated rings. The van der Waals surface area contributed by atoms with Crippen LogP contribution in [-0.2, 0) is 4.79 Å². The summed E-state index contributed by atoms with van der Waals surface area (Å²) in [5, 5.41) is 3.27. The highest BCUT2D eigenvalue weighted by atomic mass is 16.2. The summed E-state index contributed by atoms with van der Waals surface area (Å²) in [5.74, 6) is 0.190. The van der Waals surface area contributed by atoms with Gasteiger partial charge in [0.2, 0.25) is 5.91 Å². The van der Waals surface area contributed by atoms with Gasteiger partial charge in [-0.1, -0.05) is 20.8 Å². The second kappa shape index (κ2) is 2.73. The van der Waals surface area contributed by atoms with Crippen molar-refractivity contribution < 1.29 is 4.79 Å². The third kappa shape index (κ3) is 1.46. The lowest BCUT2D eigenvalue weighted by molar-refractivity contribution is -0.129. The molecule has 2 unspecified atom stereocenters. The van der Waals surface area contributed by atoms with E-state index in [0.717, 1.165) is 0 Å². The van der Waals surface area contributed by atoms with Gasteiger partial charge < -0.3 is 4.90 Å². The minimum atomic E-state index is -0.0285. The molecule has 1 heterocycles. The molecule has 1 saturated heterocycles. The highest BCUT2D eigenvalue weighted by Crippen LogP contribution is 2.25. The van der Waals surface area contributed by atoms with Gasteiger partial charge in [0, 0.05) is 7.05 Å². The first kappa shape index (κ1) is 9.52. The van der Waals surface area contributed by atoms with Crippen molar-refractivity contribution in [3.63, 3.8) is 0 Å². The Bertz CT molecular complexity index is 195. The average molecular weight is 170 g/mol. The zero-order chi connectivity index (χ0) is 9.52.